The zero-order valence-electron chi connectivity index (χ0n) is 14.8. The molecule has 0 spiro atoms. The molecule has 2 N–H and O–H groups in total. The maximum atomic E-state index is 12.3. The molecule has 1 aliphatic rings. The number of rotatable bonds is 5. The van der Waals surface area contributed by atoms with Crippen molar-refractivity contribution < 1.29 is 4.79 Å². The summed E-state index contributed by atoms with van der Waals surface area (Å²) in [5.41, 5.74) is 2.47. The van der Waals surface area contributed by atoms with Crippen LogP contribution < -0.4 is 10.6 Å². The second-order valence-electron chi connectivity index (χ2n) is 6.62. The van der Waals surface area contributed by atoms with Gasteiger partial charge >= 0.3 is 0 Å². The Balaban J connectivity index is 1.95. The number of nitrogens with one attached hydrogen (secondary N) is 2. The molecule has 27 heavy (non-hydrogen) atoms. The smallest absolute Gasteiger partial charge is 0.241 e. The molecular weight excluding hydrogens is 332 g/mol. The van der Waals surface area contributed by atoms with Crippen LogP contribution in [0.4, 0.5) is 0 Å². The van der Waals surface area contributed by atoms with Crippen LogP contribution in [0.25, 0.3) is 0 Å². The van der Waals surface area contributed by atoms with E-state index >= 15 is 0 Å². The summed E-state index contributed by atoms with van der Waals surface area (Å²) in [4.78, 5) is 12.3. The first kappa shape index (κ1) is 17.1. The van der Waals surface area contributed by atoms with Crippen molar-refractivity contribution in [1.82, 2.24) is 10.6 Å². The Hall–Kier alpha value is -3.35. The van der Waals surface area contributed by atoms with E-state index in [2.05, 4.69) is 53.0 Å². The molecule has 4 rings (SSSR count). The summed E-state index contributed by atoms with van der Waals surface area (Å²) in [6, 6.07) is 29.7. The van der Waals surface area contributed by atoms with Gasteiger partial charge in [-0.05, 0) is 16.7 Å². The normalized spacial score (nSPS) is 18.9. The van der Waals surface area contributed by atoms with Crippen LogP contribution in [0, 0.1) is 12.3 Å². The van der Waals surface area contributed by atoms with Crippen molar-refractivity contribution in [3.05, 3.63) is 108 Å². The largest absolute Gasteiger partial charge is 0.339 e. The van der Waals surface area contributed by atoms with Gasteiger partial charge in [-0.15, -0.1) is 6.42 Å². The van der Waals surface area contributed by atoms with E-state index in [-0.39, 0.29) is 11.9 Å². The standard InChI is InChI=1S/C24H20N2O/c1-2-21-22(23(27)25-21)26-24(18-12-6-3-7-13-18,19-14-8-4-9-15-19)20-16-10-5-11-17-20/h1,3-17,21-22,26H,(H,25,27). The first-order chi connectivity index (χ1) is 13.3. The Morgan fingerprint density at radius 3 is 1.52 bits per heavy atom. The van der Waals surface area contributed by atoms with Crippen LogP contribution in [0.5, 0.6) is 0 Å². The second-order valence-corrected chi connectivity index (χ2v) is 6.62. The molecule has 0 saturated carbocycles. The fourth-order valence-electron chi connectivity index (χ4n) is 3.72. The van der Waals surface area contributed by atoms with E-state index in [0.717, 1.165) is 16.7 Å². The van der Waals surface area contributed by atoms with E-state index < -0.39 is 11.6 Å². The number of amides is 1. The Morgan fingerprint density at radius 1 is 0.778 bits per heavy atom. The van der Waals surface area contributed by atoms with Crippen molar-refractivity contribution in [2.24, 2.45) is 0 Å². The number of hydrogen-bond acceptors (Lipinski definition) is 2. The Labute approximate surface area is 159 Å². The van der Waals surface area contributed by atoms with Gasteiger partial charge in [0.15, 0.2) is 0 Å². The number of carbonyl (C=O) groups excluding carboxylic acids is 1. The van der Waals surface area contributed by atoms with E-state index in [1.54, 1.807) is 0 Å². The van der Waals surface area contributed by atoms with E-state index in [1.165, 1.54) is 0 Å². The van der Waals surface area contributed by atoms with Gasteiger partial charge in [-0.2, -0.15) is 0 Å². The summed E-state index contributed by atoms with van der Waals surface area (Å²) < 4.78 is 0. The fourth-order valence-corrected chi connectivity index (χ4v) is 3.72. The van der Waals surface area contributed by atoms with Gasteiger partial charge in [0.1, 0.15) is 12.1 Å². The molecule has 1 amide bonds. The molecule has 0 aromatic heterocycles. The third-order valence-corrected chi connectivity index (χ3v) is 5.09. The van der Waals surface area contributed by atoms with Crippen LogP contribution >= 0.6 is 0 Å². The van der Waals surface area contributed by atoms with Crippen LogP contribution in [0.2, 0.25) is 0 Å². The molecule has 3 aromatic carbocycles. The SMILES string of the molecule is C#CC1NC(=O)C1NC(c1ccccc1)(c1ccccc1)c1ccccc1. The van der Waals surface area contributed by atoms with Gasteiger partial charge in [0, 0.05) is 0 Å². The predicted molar refractivity (Wildman–Crippen MR) is 107 cm³/mol. The molecule has 3 nitrogen and oxygen atoms in total. The van der Waals surface area contributed by atoms with Crippen LogP contribution in [-0.2, 0) is 10.3 Å². The molecule has 1 heterocycles. The van der Waals surface area contributed by atoms with Crippen molar-refractivity contribution in [3.63, 3.8) is 0 Å². The number of carbonyl (C=O) groups is 1. The molecule has 0 radical (unpaired) electrons. The monoisotopic (exact) mass is 352 g/mol. The van der Waals surface area contributed by atoms with Crippen LogP contribution in [0.15, 0.2) is 91.0 Å². The van der Waals surface area contributed by atoms with E-state index in [9.17, 15) is 4.79 Å². The summed E-state index contributed by atoms with van der Waals surface area (Å²) in [5, 5.41) is 6.39. The quantitative estimate of drug-likeness (QED) is 0.421. The summed E-state index contributed by atoms with van der Waals surface area (Å²) in [7, 11) is 0. The third-order valence-electron chi connectivity index (χ3n) is 5.09. The number of benzene rings is 3. The molecule has 1 saturated heterocycles. The highest BCUT2D eigenvalue weighted by Crippen LogP contribution is 2.38. The molecule has 2 unspecified atom stereocenters. The van der Waals surface area contributed by atoms with Gasteiger partial charge in [0.25, 0.3) is 0 Å². The van der Waals surface area contributed by atoms with E-state index in [0.29, 0.717) is 0 Å². The maximum absolute atomic E-state index is 12.3. The van der Waals surface area contributed by atoms with E-state index in [1.807, 2.05) is 54.6 Å². The Morgan fingerprint density at radius 2 is 1.19 bits per heavy atom. The van der Waals surface area contributed by atoms with Gasteiger partial charge in [0.2, 0.25) is 5.91 Å². The first-order valence-electron chi connectivity index (χ1n) is 8.96. The lowest BCUT2D eigenvalue weighted by Gasteiger charge is -2.44. The van der Waals surface area contributed by atoms with Crippen LogP contribution in [-0.4, -0.2) is 18.0 Å². The lowest BCUT2D eigenvalue weighted by Crippen LogP contribution is -2.71. The van der Waals surface area contributed by atoms with Crippen LogP contribution in [0.1, 0.15) is 16.7 Å². The Bertz CT molecular complexity index is 865. The fraction of sp³-hybridized carbons (Fsp3) is 0.125. The molecule has 1 aliphatic heterocycles. The average molecular weight is 352 g/mol. The highest BCUT2D eigenvalue weighted by molar-refractivity contribution is 5.90. The van der Waals surface area contributed by atoms with E-state index in [4.69, 9.17) is 6.42 Å². The minimum atomic E-state index is -0.693. The third kappa shape index (κ3) is 2.91. The number of hydrogen-bond donors (Lipinski definition) is 2. The summed E-state index contributed by atoms with van der Waals surface area (Å²) in [6.45, 7) is 0. The zero-order chi connectivity index (χ0) is 18.7. The predicted octanol–water partition coefficient (Wildman–Crippen LogP) is 3.07. The first-order valence-corrected chi connectivity index (χ1v) is 8.96. The molecule has 3 aromatic rings. The van der Waals surface area contributed by atoms with Crippen molar-refractivity contribution in [1.29, 1.82) is 0 Å². The lowest BCUT2D eigenvalue weighted by atomic mass is 9.75. The molecule has 1 fully saturated rings. The highest BCUT2D eigenvalue weighted by Gasteiger charge is 2.46. The zero-order valence-corrected chi connectivity index (χ0v) is 14.8. The summed E-state index contributed by atoms with van der Waals surface area (Å²) in [5.74, 6) is 2.59. The topological polar surface area (TPSA) is 41.1 Å². The maximum Gasteiger partial charge on any atom is 0.241 e. The van der Waals surface area contributed by atoms with Gasteiger partial charge in [-0.25, -0.2) is 0 Å². The lowest BCUT2D eigenvalue weighted by molar-refractivity contribution is -0.130. The minimum Gasteiger partial charge on any atom is -0.339 e. The van der Waals surface area contributed by atoms with Crippen molar-refractivity contribution in [3.8, 4) is 12.3 Å². The number of β-lactam (4-membered cyclic amide) rings is 1. The molecule has 132 valence electrons. The number of terminal acetylenes is 1. The van der Waals surface area contributed by atoms with Crippen LogP contribution in [0.3, 0.4) is 0 Å². The molecule has 0 aliphatic carbocycles. The summed E-state index contributed by atoms with van der Waals surface area (Å²) >= 11 is 0. The van der Waals surface area contributed by atoms with Crippen molar-refractivity contribution in [2.45, 2.75) is 17.6 Å². The van der Waals surface area contributed by atoms with Crippen molar-refractivity contribution >= 4 is 5.91 Å². The molecular formula is C24H20N2O. The summed E-state index contributed by atoms with van der Waals surface area (Å²) in [6.07, 6.45) is 5.62. The average Bonchev–Trinajstić information content (AvgIpc) is 2.74. The Kier molecular flexibility index (Phi) is 4.50. The molecule has 3 heteroatoms. The molecule has 2 atom stereocenters. The van der Waals surface area contributed by atoms with Gasteiger partial charge in [-0.1, -0.05) is 96.9 Å². The van der Waals surface area contributed by atoms with Gasteiger partial charge in [-0.3, -0.25) is 10.1 Å². The highest BCUT2D eigenvalue weighted by atomic mass is 16.2. The second kappa shape index (κ2) is 7.11. The minimum absolute atomic E-state index is 0.0786. The molecule has 0 bridgehead atoms. The van der Waals surface area contributed by atoms with Crippen molar-refractivity contribution in [2.75, 3.05) is 0 Å². The van der Waals surface area contributed by atoms with Gasteiger partial charge < -0.3 is 5.32 Å². The van der Waals surface area contributed by atoms with Gasteiger partial charge in [0.05, 0.1) is 5.54 Å².